The van der Waals surface area contributed by atoms with Crippen LogP contribution in [0.1, 0.15) is 22.8 Å². The molecular formula is C23H23BrN2O4. The topological polar surface area (TPSA) is 63.0 Å². The van der Waals surface area contributed by atoms with E-state index in [0.29, 0.717) is 29.8 Å². The minimum absolute atomic E-state index is 0.0448. The van der Waals surface area contributed by atoms with Crippen molar-refractivity contribution in [1.82, 2.24) is 4.90 Å². The molecule has 0 aliphatic carbocycles. The molecule has 1 aliphatic rings. The van der Waals surface area contributed by atoms with Crippen molar-refractivity contribution in [1.29, 1.82) is 0 Å². The summed E-state index contributed by atoms with van der Waals surface area (Å²) in [6.07, 6.45) is 1.01. The van der Waals surface area contributed by atoms with Crippen molar-refractivity contribution in [2.45, 2.75) is 13.3 Å². The number of hydrogen-bond acceptors (Lipinski definition) is 5. The van der Waals surface area contributed by atoms with Gasteiger partial charge in [-0.15, -0.1) is 0 Å². The number of aryl methyl sites for hydroxylation is 1. The summed E-state index contributed by atoms with van der Waals surface area (Å²) in [6.45, 7) is 4.67. The minimum Gasteiger partial charge on any atom is -0.493 e. The Bertz CT molecular complexity index is 1130. The summed E-state index contributed by atoms with van der Waals surface area (Å²) < 4.78 is 11.5. The molecule has 1 fully saturated rings. The first-order chi connectivity index (χ1) is 14.5. The van der Waals surface area contributed by atoms with Crippen LogP contribution in [0.25, 0.3) is 11.0 Å². The maximum Gasteiger partial charge on any atom is 0.349 e. The van der Waals surface area contributed by atoms with E-state index in [4.69, 9.17) is 9.15 Å². The second-order valence-corrected chi connectivity index (χ2v) is 8.19. The number of benzene rings is 2. The van der Waals surface area contributed by atoms with Gasteiger partial charge < -0.3 is 19.0 Å². The van der Waals surface area contributed by atoms with Gasteiger partial charge in [0.25, 0.3) is 5.91 Å². The molecule has 4 rings (SSSR count). The van der Waals surface area contributed by atoms with Gasteiger partial charge in [-0.05, 0) is 42.3 Å². The van der Waals surface area contributed by atoms with Crippen molar-refractivity contribution in [3.63, 3.8) is 0 Å². The summed E-state index contributed by atoms with van der Waals surface area (Å²) >= 11 is 3.42. The second-order valence-electron chi connectivity index (χ2n) is 7.27. The lowest BCUT2D eigenvalue weighted by Gasteiger charge is -2.36. The van der Waals surface area contributed by atoms with E-state index in [-0.39, 0.29) is 11.5 Å². The third-order valence-electron chi connectivity index (χ3n) is 5.49. The number of fused-ring (bicyclic) bond motifs is 1. The molecule has 6 nitrogen and oxygen atoms in total. The van der Waals surface area contributed by atoms with Gasteiger partial charge in [0.1, 0.15) is 5.56 Å². The standard InChI is InChI=1S/C23H23BrN2O4/c1-3-15-4-6-18(7-5-15)25-8-10-26(11-9-25)22(27)19-13-16-12-17(24)14-20(29-2)21(16)30-23(19)28/h4-7,12-14H,3,8-11H2,1-2H3. The van der Waals surface area contributed by atoms with Crippen molar-refractivity contribution >= 4 is 38.5 Å². The van der Waals surface area contributed by atoms with E-state index >= 15 is 0 Å². The summed E-state index contributed by atoms with van der Waals surface area (Å²) in [5.74, 6) is 0.142. The van der Waals surface area contributed by atoms with Crippen LogP contribution in [0.3, 0.4) is 0 Å². The lowest BCUT2D eigenvalue weighted by atomic mass is 10.1. The Hall–Kier alpha value is -2.80. The molecule has 0 bridgehead atoms. The predicted molar refractivity (Wildman–Crippen MR) is 121 cm³/mol. The molecule has 0 spiro atoms. The van der Waals surface area contributed by atoms with E-state index in [1.54, 1.807) is 23.1 Å². The third-order valence-corrected chi connectivity index (χ3v) is 5.95. The summed E-state index contributed by atoms with van der Waals surface area (Å²) in [6, 6.07) is 13.6. The molecule has 1 amide bonds. The van der Waals surface area contributed by atoms with Crippen molar-refractivity contribution in [2.75, 3.05) is 38.2 Å². The molecule has 0 saturated carbocycles. The fraction of sp³-hybridized carbons (Fsp3) is 0.304. The van der Waals surface area contributed by atoms with Crippen LogP contribution >= 0.6 is 15.9 Å². The Kier molecular flexibility index (Phi) is 5.81. The first kappa shape index (κ1) is 20.5. The molecule has 0 atom stereocenters. The molecule has 156 valence electrons. The zero-order chi connectivity index (χ0) is 21.3. The lowest BCUT2D eigenvalue weighted by molar-refractivity contribution is 0.0742. The molecule has 2 heterocycles. The zero-order valence-corrected chi connectivity index (χ0v) is 18.6. The summed E-state index contributed by atoms with van der Waals surface area (Å²) in [4.78, 5) is 29.5. The summed E-state index contributed by atoms with van der Waals surface area (Å²) in [5.41, 5.74) is 2.19. The molecule has 1 saturated heterocycles. The average Bonchev–Trinajstić information content (AvgIpc) is 2.78. The highest BCUT2D eigenvalue weighted by Gasteiger charge is 2.25. The number of piperazine rings is 1. The molecule has 3 aromatic rings. The zero-order valence-electron chi connectivity index (χ0n) is 17.0. The predicted octanol–water partition coefficient (Wildman–Crippen LogP) is 4.09. The number of halogens is 1. The highest BCUT2D eigenvalue weighted by atomic mass is 79.9. The quantitative estimate of drug-likeness (QED) is 0.537. The monoisotopic (exact) mass is 470 g/mol. The first-order valence-corrected chi connectivity index (χ1v) is 10.7. The van der Waals surface area contributed by atoms with Crippen LogP contribution < -0.4 is 15.3 Å². The third kappa shape index (κ3) is 3.94. The minimum atomic E-state index is -0.647. The number of methoxy groups -OCH3 is 1. The Morgan fingerprint density at radius 1 is 1.10 bits per heavy atom. The summed E-state index contributed by atoms with van der Waals surface area (Å²) in [5, 5.41) is 0.638. The van der Waals surface area contributed by atoms with E-state index in [1.807, 2.05) is 0 Å². The first-order valence-electron chi connectivity index (χ1n) is 9.94. The van der Waals surface area contributed by atoms with Gasteiger partial charge >= 0.3 is 5.63 Å². The Balaban J connectivity index is 1.53. The number of carbonyl (C=O) groups is 1. The number of amides is 1. The average molecular weight is 471 g/mol. The Morgan fingerprint density at radius 3 is 2.43 bits per heavy atom. The largest absolute Gasteiger partial charge is 0.493 e. The molecule has 2 aromatic carbocycles. The maximum atomic E-state index is 13.0. The highest BCUT2D eigenvalue weighted by molar-refractivity contribution is 9.10. The van der Waals surface area contributed by atoms with E-state index in [9.17, 15) is 9.59 Å². The van der Waals surface area contributed by atoms with Gasteiger partial charge in [-0.1, -0.05) is 35.0 Å². The van der Waals surface area contributed by atoms with Gasteiger partial charge in [0, 0.05) is 41.7 Å². The molecule has 1 aromatic heterocycles. The fourth-order valence-electron chi connectivity index (χ4n) is 3.75. The van der Waals surface area contributed by atoms with Crippen LogP contribution in [0.4, 0.5) is 5.69 Å². The van der Waals surface area contributed by atoms with Gasteiger partial charge in [0.2, 0.25) is 0 Å². The highest BCUT2D eigenvalue weighted by Crippen LogP contribution is 2.30. The molecule has 0 unspecified atom stereocenters. The number of carbonyl (C=O) groups excluding carboxylic acids is 1. The van der Waals surface area contributed by atoms with Crippen molar-refractivity contribution in [3.05, 3.63) is 68.5 Å². The number of ether oxygens (including phenoxy) is 1. The van der Waals surface area contributed by atoms with Crippen LogP contribution in [0.15, 0.2) is 56.1 Å². The summed E-state index contributed by atoms with van der Waals surface area (Å²) in [7, 11) is 1.51. The Labute approximate surface area is 183 Å². The number of rotatable bonds is 4. The smallest absolute Gasteiger partial charge is 0.349 e. The van der Waals surface area contributed by atoms with Crippen LogP contribution in [0.2, 0.25) is 0 Å². The molecule has 0 radical (unpaired) electrons. The second kappa shape index (κ2) is 8.52. The van der Waals surface area contributed by atoms with Crippen LogP contribution in [0.5, 0.6) is 5.75 Å². The van der Waals surface area contributed by atoms with Crippen molar-refractivity contribution in [2.24, 2.45) is 0 Å². The van der Waals surface area contributed by atoms with E-state index in [0.717, 1.165) is 29.7 Å². The SMILES string of the molecule is CCc1ccc(N2CCN(C(=O)c3cc4cc(Br)cc(OC)c4oc3=O)CC2)cc1. The molecular weight excluding hydrogens is 448 g/mol. The lowest BCUT2D eigenvalue weighted by Crippen LogP contribution is -2.49. The Morgan fingerprint density at radius 2 is 1.80 bits per heavy atom. The number of anilines is 1. The van der Waals surface area contributed by atoms with E-state index < -0.39 is 5.63 Å². The molecule has 1 aliphatic heterocycles. The molecule has 30 heavy (non-hydrogen) atoms. The van der Waals surface area contributed by atoms with Crippen molar-refractivity contribution in [3.8, 4) is 5.75 Å². The van der Waals surface area contributed by atoms with E-state index in [2.05, 4.69) is 52.0 Å². The van der Waals surface area contributed by atoms with Gasteiger partial charge in [-0.25, -0.2) is 4.79 Å². The van der Waals surface area contributed by atoms with Crippen LogP contribution in [0, 0.1) is 0 Å². The van der Waals surface area contributed by atoms with Gasteiger partial charge in [-0.3, -0.25) is 4.79 Å². The van der Waals surface area contributed by atoms with Crippen LogP contribution in [-0.4, -0.2) is 44.1 Å². The van der Waals surface area contributed by atoms with Crippen molar-refractivity contribution < 1.29 is 13.9 Å². The van der Waals surface area contributed by atoms with Gasteiger partial charge in [0.15, 0.2) is 11.3 Å². The van der Waals surface area contributed by atoms with E-state index in [1.165, 1.54) is 12.7 Å². The number of hydrogen-bond donors (Lipinski definition) is 0. The van der Waals surface area contributed by atoms with Crippen LogP contribution in [-0.2, 0) is 6.42 Å². The number of nitrogens with zero attached hydrogens (tertiary/aromatic N) is 2. The normalized spacial score (nSPS) is 14.2. The van der Waals surface area contributed by atoms with Gasteiger partial charge in [-0.2, -0.15) is 0 Å². The molecule has 7 heteroatoms. The van der Waals surface area contributed by atoms with Gasteiger partial charge in [0.05, 0.1) is 7.11 Å². The molecule has 0 N–H and O–H groups in total. The fourth-order valence-corrected chi connectivity index (χ4v) is 4.20. The maximum absolute atomic E-state index is 13.0.